The van der Waals surface area contributed by atoms with Gasteiger partial charge < -0.3 is 22.9 Å². The molecule has 4 aromatic heterocycles. The fourth-order valence-electron chi connectivity index (χ4n) is 17.4. The van der Waals surface area contributed by atoms with Crippen molar-refractivity contribution in [2.75, 3.05) is 0 Å². The molecule has 4 heterocycles. The molecule has 8 aromatic carbocycles. The van der Waals surface area contributed by atoms with Gasteiger partial charge in [0.05, 0.1) is 67.8 Å². The van der Waals surface area contributed by atoms with Crippen LogP contribution in [0, 0.1) is 49.8 Å². The molecular weight excluding hydrogens is 2210 g/mol. The Morgan fingerprint density at radius 2 is 0.575 bits per heavy atom. The smallest absolute Gasteiger partial charge is 0.366 e. The van der Waals surface area contributed by atoms with E-state index in [1.54, 1.807) is 24.3 Å². The Morgan fingerprint density at radius 1 is 0.336 bits per heavy atom. The van der Waals surface area contributed by atoms with Crippen molar-refractivity contribution < 1.29 is 91.0 Å². The predicted molar refractivity (Wildman–Crippen MR) is 511 cm³/mol. The molecule has 20 nitrogen and oxygen atoms in total. The first kappa shape index (κ1) is 101. The van der Waals surface area contributed by atoms with E-state index < -0.39 is 116 Å². The zero-order valence-corrected chi connectivity index (χ0v) is 82.3. The minimum atomic E-state index is -4.76. The fourth-order valence-corrected chi connectivity index (χ4v) is 19.3. The van der Waals surface area contributed by atoms with Crippen LogP contribution in [-0.4, -0.2) is 85.9 Å². The van der Waals surface area contributed by atoms with E-state index in [-0.39, 0.29) is 119 Å². The first-order valence-corrected chi connectivity index (χ1v) is 46.2. The van der Waals surface area contributed by atoms with Crippen LogP contribution in [0.5, 0.6) is 0 Å². The molecule has 36 heteroatoms. The standard InChI is InChI=1S/2C25H23F3IN3O2.2C24H21F3IN3O2/c2*1-13-4-5-14(9-18(13)29)8-15-10-16(6-7-17(15)23(30)34)32-19-11-24(2,3)12-20(33)21(19)22(31-32)25(26,27)28;2*1-23(2)11-18-20(19(32)12-23)21(24(25,26)27)30-31(18)16-7-8-17(22(29)33)14(10-16)9-13-3-5-15(28)6-4-13/h2*4-7,9-10H,8,11-12H2,1-3H3,(H2,30,34);2*3-8,10H,9,11-12H2,1-2H3,(H2,29,33)/i29+4;29-3;28+4;28-3. The number of nitrogens with zero attached hydrogens (tertiary/aromatic N) is 8. The number of alkyl halides is 12. The molecule has 0 radical (unpaired) electrons. The SMILES string of the molecule is CC1(C)CC(=O)c2c(C(F)(F)F)nn(-c3ccc(C(N)=O)c(Cc4ccc([124I])cc4)c3)c2C1.CC1(C)CC(=O)c2c(C(F)(F)F)nn(-c3ccc(C(N)=O)c(Cc4ccc([131I])cc4)c3)c2C1.Cc1ccc(Cc2cc(-n3nc(C(F)(F)F)c4c3CC(C)(C)CC4=O)ccc2C(N)=O)cc1[124I].Cc1ccc(Cc2cc(-n3nc(C(F)(F)F)c4c3CC(C)(C)CC4=O)ccc2C(N)=O)cc1[131I]. The van der Waals surface area contributed by atoms with Crippen LogP contribution >= 0.6 is 90.4 Å². The van der Waals surface area contributed by atoms with Gasteiger partial charge >= 0.3 is 24.7 Å². The average molecular weight is 2300 g/mol. The predicted octanol–water partition coefficient (Wildman–Crippen LogP) is 22.0. The van der Waals surface area contributed by atoms with Crippen LogP contribution in [0.1, 0.15) is 265 Å². The minimum Gasteiger partial charge on any atom is -0.366 e. The maximum atomic E-state index is 13.8. The van der Waals surface area contributed by atoms with Crippen molar-refractivity contribution in [1.29, 1.82) is 0 Å². The summed E-state index contributed by atoms with van der Waals surface area (Å²) in [5.74, 6) is -4.76. The number of amides is 4. The lowest BCUT2D eigenvalue weighted by molar-refractivity contribution is -0.142. The molecule has 0 saturated carbocycles. The van der Waals surface area contributed by atoms with Crippen LogP contribution < -0.4 is 22.9 Å². The number of benzene rings is 8. The summed E-state index contributed by atoms with van der Waals surface area (Å²) in [6, 6.07) is 45.7. The molecule has 700 valence electrons. The third kappa shape index (κ3) is 22.5. The quantitative estimate of drug-likeness (QED) is 0.0518. The van der Waals surface area contributed by atoms with Gasteiger partial charge in [0.15, 0.2) is 45.9 Å². The number of nitrogens with two attached hydrogens (primary N) is 4. The number of Topliss-reactive ketones (excluding diaryl/α,β-unsaturated/α-hetero) is 4. The number of ketones is 4. The first-order chi connectivity index (χ1) is 62.2. The second-order valence-electron chi connectivity index (χ2n) is 37.0. The average Bonchev–Trinajstić information content (AvgIpc) is 1.60. The lowest BCUT2D eigenvalue weighted by atomic mass is 9.75. The molecule has 134 heavy (non-hydrogen) atoms. The van der Waals surface area contributed by atoms with Gasteiger partial charge in [-0.25, -0.2) is 18.7 Å². The van der Waals surface area contributed by atoms with Gasteiger partial charge in [0.2, 0.25) is 23.6 Å². The number of aryl methyl sites for hydroxylation is 2. The Bertz CT molecular complexity index is 6380. The maximum Gasteiger partial charge on any atom is 0.435 e. The number of carbonyl (C=O) groups is 8. The van der Waals surface area contributed by atoms with Crippen LogP contribution in [0.3, 0.4) is 0 Å². The molecule has 0 spiro atoms. The number of rotatable bonds is 16. The van der Waals surface area contributed by atoms with Crippen molar-refractivity contribution in [3.8, 4) is 22.7 Å². The van der Waals surface area contributed by atoms with Gasteiger partial charge in [-0.05, 0) is 342 Å². The molecule has 8 N–H and O–H groups in total. The van der Waals surface area contributed by atoms with E-state index in [0.717, 1.165) is 47.7 Å². The molecule has 4 aliphatic carbocycles. The van der Waals surface area contributed by atoms with E-state index in [9.17, 15) is 91.0 Å². The van der Waals surface area contributed by atoms with E-state index >= 15 is 0 Å². The monoisotopic (exact) mass is 2300 g/mol. The third-order valence-corrected chi connectivity index (χ3v) is 27.3. The summed E-state index contributed by atoms with van der Waals surface area (Å²) in [6.45, 7) is 18.7. The van der Waals surface area contributed by atoms with E-state index in [0.29, 0.717) is 70.7 Å². The first-order valence-electron chi connectivity index (χ1n) is 41.9. The van der Waals surface area contributed by atoms with Crippen LogP contribution in [0.25, 0.3) is 22.7 Å². The highest BCUT2D eigenvalue weighted by atomic mass is 131. The zero-order valence-electron chi connectivity index (χ0n) is 73.7. The number of primary amides is 4. The van der Waals surface area contributed by atoms with Gasteiger partial charge in [-0.1, -0.05) is 104 Å². The van der Waals surface area contributed by atoms with Gasteiger partial charge in [-0.15, -0.1) is 0 Å². The molecule has 0 saturated heterocycles. The summed E-state index contributed by atoms with van der Waals surface area (Å²) >= 11 is 8.82. The summed E-state index contributed by atoms with van der Waals surface area (Å²) in [6.07, 6.45) is -16.4. The van der Waals surface area contributed by atoms with E-state index in [4.69, 9.17) is 22.9 Å². The van der Waals surface area contributed by atoms with Crippen LogP contribution in [0.4, 0.5) is 52.7 Å². The van der Waals surface area contributed by atoms with Crippen LogP contribution in [0.15, 0.2) is 158 Å². The number of fused-ring (bicyclic) bond motifs is 4. The molecule has 0 bridgehead atoms. The molecule has 12 aromatic rings. The molecule has 16 rings (SSSR count). The summed E-state index contributed by atoms with van der Waals surface area (Å²) in [5, 5.41) is 15.4. The van der Waals surface area contributed by atoms with Gasteiger partial charge in [0, 0.05) is 62.2 Å². The summed E-state index contributed by atoms with van der Waals surface area (Å²) in [7, 11) is 0. The highest BCUT2D eigenvalue weighted by molar-refractivity contribution is 14.1. The number of hydrogen-bond acceptors (Lipinski definition) is 12. The number of hydrogen-bond donors (Lipinski definition) is 4. The summed E-state index contributed by atoms with van der Waals surface area (Å²) < 4.78 is 174. The van der Waals surface area contributed by atoms with Gasteiger partial charge in [0.25, 0.3) is 0 Å². The summed E-state index contributed by atoms with van der Waals surface area (Å²) in [5.41, 5.74) is 25.8. The maximum absolute atomic E-state index is 13.8. The fraction of sp³-hybridized carbons (Fsp3) is 0.306. The molecule has 0 unspecified atom stereocenters. The van der Waals surface area contributed by atoms with Crippen molar-refractivity contribution in [3.05, 3.63) is 318 Å². The second kappa shape index (κ2) is 38.1. The highest BCUT2D eigenvalue weighted by Gasteiger charge is 2.51. The lowest BCUT2D eigenvalue weighted by Crippen LogP contribution is -2.29. The van der Waals surface area contributed by atoms with Crippen LogP contribution in [0.2, 0.25) is 0 Å². The van der Waals surface area contributed by atoms with E-state index in [1.165, 1.54) is 67.3 Å². The van der Waals surface area contributed by atoms with Crippen molar-refractivity contribution in [1.82, 2.24) is 39.1 Å². The highest BCUT2D eigenvalue weighted by Crippen LogP contribution is 2.48. The molecule has 0 atom stereocenters. The van der Waals surface area contributed by atoms with Crippen molar-refractivity contribution in [2.24, 2.45) is 44.6 Å². The van der Waals surface area contributed by atoms with Gasteiger partial charge in [0.1, 0.15) is 0 Å². The van der Waals surface area contributed by atoms with Gasteiger partial charge in [-0.3, -0.25) is 38.4 Å². The second-order valence-corrected chi connectivity index (χ2v) is 41.8. The van der Waals surface area contributed by atoms with Crippen molar-refractivity contribution in [2.45, 2.75) is 171 Å². The van der Waals surface area contributed by atoms with Gasteiger partial charge in [-0.2, -0.15) is 73.1 Å². The Hall–Kier alpha value is -10.8. The molecule has 0 fully saturated rings. The van der Waals surface area contributed by atoms with Crippen molar-refractivity contribution in [3.63, 3.8) is 0 Å². The minimum absolute atomic E-state index is 0.0205. The lowest BCUT2D eigenvalue weighted by Gasteiger charge is -2.29. The molecular formula is C98H88F12I4N12O8. The number of halogens is 16. The van der Waals surface area contributed by atoms with Crippen molar-refractivity contribution >= 4 is 137 Å². The molecule has 0 aliphatic heterocycles. The normalized spacial score (nSPS) is 15.4. The third-order valence-electron chi connectivity index (χ3n) is 23.5. The number of carbonyl (C=O) groups excluding carboxylic acids is 8. The Balaban J connectivity index is 0.000000152. The van der Waals surface area contributed by atoms with E-state index in [2.05, 4.69) is 111 Å². The summed E-state index contributed by atoms with van der Waals surface area (Å²) in [4.78, 5) is 99.0. The Labute approximate surface area is 816 Å². The topological polar surface area (TPSA) is 312 Å². The zero-order chi connectivity index (χ0) is 98.3. The van der Waals surface area contributed by atoms with E-state index in [1.807, 2.05) is 154 Å². The Kier molecular flexibility index (Phi) is 28.6. The number of aromatic nitrogens is 8. The largest absolute Gasteiger partial charge is 0.435 e. The molecule has 4 aliphatic rings. The Morgan fingerprint density at radius 3 is 0.821 bits per heavy atom. The van der Waals surface area contributed by atoms with Crippen LogP contribution in [-0.2, 0) is 76.1 Å². The molecule has 4 amide bonds.